The van der Waals surface area contributed by atoms with Crippen LogP contribution in [0.15, 0.2) is 41.2 Å². The molecule has 2 aromatic heterocycles. The standard InChI is InChI=1S/C34H46FNO4S/c1-23(2)20-25(4)34(5,6)33(38)40-19-13-11-9-7-8-10-12-18-39-30-17-15-26-21-29(32(37)41-31(26)36-30)28-22-27(35)16-14-24(28)3/h14-17,21-23,25H,7-13,18-20H2,1-6H3. The van der Waals surface area contributed by atoms with E-state index in [0.29, 0.717) is 46.9 Å². The molecular formula is C34H46FNO4S. The Morgan fingerprint density at radius 2 is 1.59 bits per heavy atom. The third-order valence-corrected chi connectivity index (χ3v) is 8.84. The molecule has 0 saturated heterocycles. The highest BCUT2D eigenvalue weighted by molar-refractivity contribution is 7.16. The highest BCUT2D eigenvalue weighted by Crippen LogP contribution is 2.33. The minimum atomic E-state index is -0.443. The van der Waals surface area contributed by atoms with E-state index >= 15 is 0 Å². The number of carbonyl (C=O) groups excluding carboxylic acids is 1. The maximum Gasteiger partial charge on any atom is 0.311 e. The van der Waals surface area contributed by atoms with Gasteiger partial charge in [0.05, 0.1) is 18.6 Å². The second-order valence-electron chi connectivity index (χ2n) is 12.2. The number of aryl methyl sites for hydroxylation is 1. The zero-order valence-corrected chi connectivity index (χ0v) is 26.4. The summed E-state index contributed by atoms with van der Waals surface area (Å²) in [5.74, 6) is 0.944. The third kappa shape index (κ3) is 9.63. The van der Waals surface area contributed by atoms with Crippen molar-refractivity contribution in [3.8, 4) is 17.0 Å². The molecule has 0 saturated carbocycles. The second kappa shape index (κ2) is 15.4. The van der Waals surface area contributed by atoms with Gasteiger partial charge < -0.3 is 9.47 Å². The Hall–Kier alpha value is -2.80. The monoisotopic (exact) mass is 583 g/mol. The summed E-state index contributed by atoms with van der Waals surface area (Å²) in [6, 6.07) is 9.99. The largest absolute Gasteiger partial charge is 0.478 e. The van der Waals surface area contributed by atoms with Gasteiger partial charge >= 0.3 is 5.97 Å². The molecule has 0 N–H and O–H groups in total. The third-order valence-electron chi connectivity index (χ3n) is 7.92. The summed E-state index contributed by atoms with van der Waals surface area (Å²) in [6.07, 6.45) is 8.44. The Morgan fingerprint density at radius 3 is 2.27 bits per heavy atom. The van der Waals surface area contributed by atoms with Gasteiger partial charge in [-0.05, 0) is 87.3 Å². The van der Waals surface area contributed by atoms with Crippen LogP contribution in [0.5, 0.6) is 5.88 Å². The normalized spacial score (nSPS) is 12.6. The van der Waals surface area contributed by atoms with Gasteiger partial charge in [-0.2, -0.15) is 0 Å². The van der Waals surface area contributed by atoms with E-state index in [1.807, 2.05) is 32.9 Å². The van der Waals surface area contributed by atoms with Crippen molar-refractivity contribution in [1.29, 1.82) is 0 Å². The molecule has 0 fully saturated rings. The lowest BCUT2D eigenvalue weighted by Gasteiger charge is -2.30. The molecule has 7 heteroatoms. The van der Waals surface area contributed by atoms with Crippen LogP contribution in [0.1, 0.15) is 91.5 Å². The maximum absolute atomic E-state index is 13.8. The summed E-state index contributed by atoms with van der Waals surface area (Å²) in [7, 11) is 0. The molecule has 0 aliphatic heterocycles. The summed E-state index contributed by atoms with van der Waals surface area (Å²) in [6.45, 7) is 13.5. The van der Waals surface area contributed by atoms with Crippen molar-refractivity contribution in [2.45, 2.75) is 92.9 Å². The number of hydrogen-bond acceptors (Lipinski definition) is 6. The first-order chi connectivity index (χ1) is 19.5. The predicted molar refractivity (Wildman–Crippen MR) is 167 cm³/mol. The van der Waals surface area contributed by atoms with Crippen molar-refractivity contribution in [2.75, 3.05) is 13.2 Å². The summed E-state index contributed by atoms with van der Waals surface area (Å²) in [5, 5.41) is 0.833. The van der Waals surface area contributed by atoms with Crippen molar-refractivity contribution < 1.29 is 18.7 Å². The van der Waals surface area contributed by atoms with Crippen LogP contribution in [-0.2, 0) is 9.53 Å². The van der Waals surface area contributed by atoms with E-state index in [9.17, 15) is 14.0 Å². The molecule has 0 radical (unpaired) electrons. The second-order valence-corrected chi connectivity index (χ2v) is 13.1. The van der Waals surface area contributed by atoms with E-state index in [0.717, 1.165) is 73.7 Å². The van der Waals surface area contributed by atoms with Gasteiger partial charge in [-0.1, -0.05) is 70.3 Å². The van der Waals surface area contributed by atoms with Gasteiger partial charge in [0.1, 0.15) is 10.6 Å². The molecule has 0 bridgehead atoms. The van der Waals surface area contributed by atoms with E-state index in [2.05, 4.69) is 25.8 Å². The van der Waals surface area contributed by atoms with Crippen LogP contribution in [0, 0.1) is 30.0 Å². The lowest BCUT2D eigenvalue weighted by Crippen LogP contribution is -2.34. The molecule has 2 heterocycles. The van der Waals surface area contributed by atoms with Gasteiger partial charge in [0.2, 0.25) is 10.6 Å². The molecular weight excluding hydrogens is 537 g/mol. The summed E-state index contributed by atoms with van der Waals surface area (Å²) >= 11 is 1.06. The van der Waals surface area contributed by atoms with Crippen LogP contribution in [-0.4, -0.2) is 24.2 Å². The number of fused-ring (bicyclic) bond motifs is 1. The number of rotatable bonds is 16. The zero-order chi connectivity index (χ0) is 30.0. The number of nitrogens with zero attached hydrogens (tertiary/aromatic N) is 1. The van der Waals surface area contributed by atoms with E-state index < -0.39 is 5.41 Å². The molecule has 3 aromatic rings. The minimum Gasteiger partial charge on any atom is -0.478 e. The number of hydrogen-bond donors (Lipinski definition) is 0. The van der Waals surface area contributed by atoms with Crippen molar-refractivity contribution in [3.63, 3.8) is 0 Å². The van der Waals surface area contributed by atoms with Crippen molar-refractivity contribution in [3.05, 3.63) is 57.3 Å². The highest BCUT2D eigenvalue weighted by atomic mass is 32.1. The molecule has 0 aliphatic rings. The molecule has 0 amide bonds. The van der Waals surface area contributed by atoms with E-state index in [-0.39, 0.29) is 16.5 Å². The average Bonchev–Trinajstić information content (AvgIpc) is 2.92. The zero-order valence-electron chi connectivity index (χ0n) is 25.6. The van der Waals surface area contributed by atoms with Gasteiger partial charge in [0.25, 0.3) is 0 Å². The molecule has 41 heavy (non-hydrogen) atoms. The Bertz CT molecular complexity index is 1350. The molecule has 0 spiro atoms. The molecule has 1 aromatic carbocycles. The highest BCUT2D eigenvalue weighted by Gasteiger charge is 2.35. The number of halogens is 1. The lowest BCUT2D eigenvalue weighted by molar-refractivity contribution is -0.157. The minimum absolute atomic E-state index is 0.0792. The van der Waals surface area contributed by atoms with Crippen molar-refractivity contribution >= 4 is 27.5 Å². The molecule has 3 rings (SSSR count). The first-order valence-electron chi connectivity index (χ1n) is 15.0. The number of unbranched alkanes of at least 4 members (excludes halogenated alkanes) is 6. The Labute approximate surface area is 248 Å². The predicted octanol–water partition coefficient (Wildman–Crippen LogP) is 9.13. The fourth-order valence-corrected chi connectivity index (χ4v) is 5.79. The van der Waals surface area contributed by atoms with Gasteiger partial charge in [-0.25, -0.2) is 9.37 Å². The number of aromatic nitrogens is 1. The number of benzene rings is 1. The Morgan fingerprint density at radius 1 is 0.927 bits per heavy atom. The Kier molecular flexibility index (Phi) is 12.3. The molecule has 0 aliphatic carbocycles. The number of esters is 1. The number of carbonyl (C=O) groups is 1. The lowest BCUT2D eigenvalue weighted by atomic mass is 9.76. The van der Waals surface area contributed by atoms with Crippen LogP contribution >= 0.6 is 11.3 Å². The van der Waals surface area contributed by atoms with Gasteiger partial charge in [0.15, 0.2) is 0 Å². The van der Waals surface area contributed by atoms with E-state index in [1.54, 1.807) is 12.1 Å². The van der Waals surface area contributed by atoms with Gasteiger partial charge in [-0.15, -0.1) is 0 Å². The van der Waals surface area contributed by atoms with Crippen LogP contribution in [0.4, 0.5) is 4.39 Å². The summed E-state index contributed by atoms with van der Waals surface area (Å²) in [4.78, 5) is 30.4. The molecule has 1 unspecified atom stereocenters. The SMILES string of the molecule is Cc1ccc(F)cc1-c1cc2ccc(OCCCCCCCCCOC(=O)C(C)(C)C(C)CC(C)C)nc2sc1=O. The van der Waals surface area contributed by atoms with Gasteiger partial charge in [-0.3, -0.25) is 9.59 Å². The van der Waals surface area contributed by atoms with Crippen LogP contribution in [0.3, 0.4) is 0 Å². The topological polar surface area (TPSA) is 65.5 Å². The van der Waals surface area contributed by atoms with Crippen LogP contribution < -0.4 is 9.48 Å². The molecule has 1 atom stereocenters. The van der Waals surface area contributed by atoms with Crippen LogP contribution in [0.25, 0.3) is 21.3 Å². The summed E-state index contributed by atoms with van der Waals surface area (Å²) in [5.41, 5.74) is 1.52. The fourth-order valence-electron chi connectivity index (χ4n) is 4.95. The summed E-state index contributed by atoms with van der Waals surface area (Å²) < 4.78 is 25.1. The Balaban J connectivity index is 1.32. The maximum atomic E-state index is 13.8. The van der Waals surface area contributed by atoms with E-state index in [4.69, 9.17) is 9.47 Å². The molecule has 5 nitrogen and oxygen atoms in total. The first kappa shape index (κ1) is 32.7. The smallest absolute Gasteiger partial charge is 0.311 e. The van der Waals surface area contributed by atoms with Crippen molar-refractivity contribution in [1.82, 2.24) is 4.98 Å². The average molecular weight is 584 g/mol. The van der Waals surface area contributed by atoms with E-state index in [1.165, 1.54) is 12.1 Å². The molecule has 224 valence electrons. The van der Waals surface area contributed by atoms with Gasteiger partial charge in [0, 0.05) is 17.0 Å². The number of pyridine rings is 1. The van der Waals surface area contributed by atoms with Crippen molar-refractivity contribution in [2.24, 2.45) is 17.3 Å². The first-order valence-corrected chi connectivity index (χ1v) is 15.8. The number of ether oxygens (including phenoxy) is 2. The van der Waals surface area contributed by atoms with Crippen LogP contribution in [0.2, 0.25) is 0 Å². The quantitative estimate of drug-likeness (QED) is 0.124. The fraction of sp³-hybridized carbons (Fsp3) is 0.559.